The summed E-state index contributed by atoms with van der Waals surface area (Å²) in [6.07, 6.45) is 0.257. The lowest BCUT2D eigenvalue weighted by Crippen LogP contribution is -2.27. The molecule has 1 N–H and O–H groups in total. The number of para-hydroxylation sites is 1. The first-order valence-corrected chi connectivity index (χ1v) is 8.39. The molecule has 0 unspecified atom stereocenters. The molecule has 7 nitrogen and oxygen atoms in total. The molecule has 0 radical (unpaired) electrons. The molecule has 0 atom stereocenters. The van der Waals surface area contributed by atoms with Crippen LogP contribution in [0.2, 0.25) is 0 Å². The number of aromatic nitrogens is 2. The minimum absolute atomic E-state index is 0.229. The molecular formula is C20H19N3O4. The highest BCUT2D eigenvalue weighted by molar-refractivity contribution is 5.92. The molecule has 0 saturated heterocycles. The van der Waals surface area contributed by atoms with Gasteiger partial charge in [0, 0.05) is 20.5 Å². The first-order valence-electron chi connectivity index (χ1n) is 8.39. The first kappa shape index (κ1) is 18.3. The maximum Gasteiger partial charge on any atom is 0.338 e. The number of H-pyrrole nitrogens is 1. The molecule has 138 valence electrons. The number of amides is 1. The highest BCUT2D eigenvalue weighted by atomic mass is 16.5. The van der Waals surface area contributed by atoms with Crippen molar-refractivity contribution in [3.05, 3.63) is 75.8 Å². The summed E-state index contributed by atoms with van der Waals surface area (Å²) in [6, 6.07) is 13.9. The molecule has 0 fully saturated rings. The molecule has 27 heavy (non-hydrogen) atoms. The van der Waals surface area contributed by atoms with E-state index in [4.69, 9.17) is 4.74 Å². The van der Waals surface area contributed by atoms with Gasteiger partial charge in [0.05, 0.1) is 16.5 Å². The van der Waals surface area contributed by atoms with E-state index in [0.717, 1.165) is 0 Å². The van der Waals surface area contributed by atoms with Gasteiger partial charge in [-0.1, -0.05) is 30.3 Å². The Hall–Kier alpha value is -3.48. The van der Waals surface area contributed by atoms with Gasteiger partial charge in [-0.05, 0) is 23.8 Å². The summed E-state index contributed by atoms with van der Waals surface area (Å²) in [4.78, 5) is 44.8. The van der Waals surface area contributed by atoms with Gasteiger partial charge < -0.3 is 14.6 Å². The second-order valence-electron chi connectivity index (χ2n) is 6.23. The molecule has 0 bridgehead atoms. The lowest BCUT2D eigenvalue weighted by Gasteiger charge is -2.12. The predicted octanol–water partition coefficient (Wildman–Crippen LogP) is 1.76. The van der Waals surface area contributed by atoms with E-state index in [-0.39, 0.29) is 24.5 Å². The monoisotopic (exact) mass is 365 g/mol. The van der Waals surface area contributed by atoms with E-state index in [1.807, 2.05) is 6.07 Å². The summed E-state index contributed by atoms with van der Waals surface area (Å²) in [6.45, 7) is -0.328. The van der Waals surface area contributed by atoms with Crippen LogP contribution in [-0.2, 0) is 16.0 Å². The number of nitrogens with zero attached hydrogens (tertiary/aromatic N) is 2. The fourth-order valence-electron chi connectivity index (χ4n) is 2.61. The van der Waals surface area contributed by atoms with Crippen LogP contribution in [-0.4, -0.2) is 47.4 Å². The van der Waals surface area contributed by atoms with Gasteiger partial charge in [-0.3, -0.25) is 9.59 Å². The van der Waals surface area contributed by atoms with Crippen LogP contribution < -0.4 is 5.56 Å². The minimum Gasteiger partial charge on any atom is -0.452 e. The average Bonchev–Trinajstić information content (AvgIpc) is 2.66. The summed E-state index contributed by atoms with van der Waals surface area (Å²) in [5, 5.41) is 0.510. The Morgan fingerprint density at radius 3 is 2.56 bits per heavy atom. The van der Waals surface area contributed by atoms with Gasteiger partial charge in [-0.15, -0.1) is 0 Å². The largest absolute Gasteiger partial charge is 0.452 e. The number of fused-ring (bicyclic) bond motifs is 1. The van der Waals surface area contributed by atoms with E-state index in [2.05, 4.69) is 9.97 Å². The molecule has 1 amide bonds. The van der Waals surface area contributed by atoms with Crippen molar-refractivity contribution >= 4 is 22.8 Å². The third kappa shape index (κ3) is 4.20. The third-order valence-electron chi connectivity index (χ3n) is 4.08. The van der Waals surface area contributed by atoms with Gasteiger partial charge in [-0.2, -0.15) is 0 Å². The van der Waals surface area contributed by atoms with E-state index in [1.165, 1.54) is 4.90 Å². The van der Waals surface area contributed by atoms with Gasteiger partial charge in [0.1, 0.15) is 5.82 Å². The smallest absolute Gasteiger partial charge is 0.338 e. The first-order chi connectivity index (χ1) is 13.0. The second kappa shape index (κ2) is 7.82. The highest BCUT2D eigenvalue weighted by Crippen LogP contribution is 2.15. The van der Waals surface area contributed by atoms with Crippen LogP contribution in [0.3, 0.4) is 0 Å². The van der Waals surface area contributed by atoms with Crippen LogP contribution in [0.25, 0.3) is 10.9 Å². The number of ether oxygens (including phenoxy) is 1. The zero-order valence-corrected chi connectivity index (χ0v) is 15.1. The number of benzene rings is 2. The topological polar surface area (TPSA) is 92.4 Å². The molecule has 0 aliphatic heterocycles. The Morgan fingerprint density at radius 2 is 1.78 bits per heavy atom. The number of esters is 1. The lowest BCUT2D eigenvalue weighted by molar-refractivity contribution is -0.131. The van der Waals surface area contributed by atoms with Crippen LogP contribution in [0, 0.1) is 0 Å². The van der Waals surface area contributed by atoms with Crippen molar-refractivity contribution in [2.45, 2.75) is 6.42 Å². The summed E-state index contributed by atoms with van der Waals surface area (Å²) in [7, 11) is 3.18. The maximum atomic E-state index is 12.4. The number of carbonyl (C=O) groups is 2. The van der Waals surface area contributed by atoms with Gasteiger partial charge in [0.15, 0.2) is 6.61 Å². The van der Waals surface area contributed by atoms with Crippen LogP contribution in [0.1, 0.15) is 21.7 Å². The number of nitrogens with one attached hydrogen (secondary N) is 1. The molecule has 3 rings (SSSR count). The average molecular weight is 365 g/mol. The summed E-state index contributed by atoms with van der Waals surface area (Å²) in [5.74, 6) is -0.450. The third-order valence-corrected chi connectivity index (χ3v) is 4.08. The number of aromatic amines is 1. The Kier molecular flexibility index (Phi) is 5.30. The Bertz CT molecular complexity index is 1060. The lowest BCUT2D eigenvalue weighted by atomic mass is 10.0. The summed E-state index contributed by atoms with van der Waals surface area (Å²) >= 11 is 0. The molecule has 2 aromatic carbocycles. The second-order valence-corrected chi connectivity index (χ2v) is 6.23. The Balaban J connectivity index is 1.85. The van der Waals surface area contributed by atoms with Crippen LogP contribution >= 0.6 is 0 Å². The van der Waals surface area contributed by atoms with Crippen molar-refractivity contribution in [3.63, 3.8) is 0 Å². The molecule has 1 aromatic heterocycles. The van der Waals surface area contributed by atoms with Crippen molar-refractivity contribution in [2.24, 2.45) is 0 Å². The summed E-state index contributed by atoms with van der Waals surface area (Å²) < 4.78 is 5.10. The number of hydrogen-bond donors (Lipinski definition) is 1. The molecule has 1 heterocycles. The number of rotatable bonds is 5. The molecular weight excluding hydrogens is 346 g/mol. The standard InChI is InChI=1S/C20H19N3O4/c1-23(2)18(24)12-27-20(26)14-8-4-3-7-13(14)11-17-21-16-10-6-5-9-15(16)19(25)22-17/h3-10H,11-12H2,1-2H3,(H,21,22,25). The van der Waals surface area contributed by atoms with Gasteiger partial charge in [0.2, 0.25) is 0 Å². The molecule has 7 heteroatoms. The molecule has 0 aliphatic carbocycles. The van der Waals surface area contributed by atoms with Crippen molar-refractivity contribution in [3.8, 4) is 0 Å². The van der Waals surface area contributed by atoms with E-state index >= 15 is 0 Å². The van der Waals surface area contributed by atoms with Crippen molar-refractivity contribution in [1.29, 1.82) is 0 Å². The van der Waals surface area contributed by atoms with E-state index in [1.54, 1.807) is 56.6 Å². The van der Waals surface area contributed by atoms with Gasteiger partial charge >= 0.3 is 5.97 Å². The normalized spacial score (nSPS) is 10.6. The molecule has 0 saturated carbocycles. The summed E-state index contributed by atoms with van der Waals surface area (Å²) in [5.41, 5.74) is 1.35. The Morgan fingerprint density at radius 1 is 1.07 bits per heavy atom. The number of likely N-dealkylation sites (N-methyl/N-ethyl adjacent to an activating group) is 1. The predicted molar refractivity (Wildman–Crippen MR) is 101 cm³/mol. The van der Waals surface area contributed by atoms with Gasteiger partial charge in [-0.25, -0.2) is 9.78 Å². The van der Waals surface area contributed by atoms with Crippen molar-refractivity contribution < 1.29 is 14.3 Å². The van der Waals surface area contributed by atoms with Crippen LogP contribution in [0.4, 0.5) is 0 Å². The maximum absolute atomic E-state index is 12.4. The van der Waals surface area contributed by atoms with Crippen LogP contribution in [0.5, 0.6) is 0 Å². The quantitative estimate of drug-likeness (QED) is 0.696. The molecule has 0 spiro atoms. The van der Waals surface area contributed by atoms with E-state index in [9.17, 15) is 14.4 Å². The van der Waals surface area contributed by atoms with Crippen molar-refractivity contribution in [2.75, 3.05) is 20.7 Å². The minimum atomic E-state index is -0.594. The van der Waals surface area contributed by atoms with Crippen LogP contribution in [0.15, 0.2) is 53.3 Å². The Labute approximate surface area is 155 Å². The number of carbonyl (C=O) groups excluding carboxylic acids is 2. The van der Waals surface area contributed by atoms with Gasteiger partial charge in [0.25, 0.3) is 11.5 Å². The highest BCUT2D eigenvalue weighted by Gasteiger charge is 2.16. The van der Waals surface area contributed by atoms with E-state index < -0.39 is 5.97 Å². The fraction of sp³-hybridized carbons (Fsp3) is 0.200. The molecule has 0 aliphatic rings. The van der Waals surface area contributed by atoms with E-state index in [0.29, 0.717) is 27.9 Å². The number of hydrogen-bond acceptors (Lipinski definition) is 5. The SMILES string of the molecule is CN(C)C(=O)COC(=O)c1ccccc1Cc1nc2ccccc2c(=O)[nH]1. The van der Waals surface area contributed by atoms with Crippen molar-refractivity contribution in [1.82, 2.24) is 14.9 Å². The molecule has 3 aromatic rings. The zero-order chi connectivity index (χ0) is 19.4. The zero-order valence-electron chi connectivity index (χ0n) is 15.1. The fourth-order valence-corrected chi connectivity index (χ4v) is 2.61.